The molecule has 0 saturated carbocycles. The molecule has 1 aromatic rings. The molecule has 1 rings (SSSR count). The van der Waals surface area contributed by atoms with Gasteiger partial charge in [0.05, 0.1) is 11.6 Å². The molecule has 0 bridgehead atoms. The van der Waals surface area contributed by atoms with Crippen molar-refractivity contribution in [2.75, 3.05) is 0 Å². The van der Waals surface area contributed by atoms with Crippen LogP contribution in [-0.4, -0.2) is 5.11 Å². The highest BCUT2D eigenvalue weighted by Gasteiger charge is 1.86. The maximum atomic E-state index is 8.74. The first kappa shape index (κ1) is 11.5. The second kappa shape index (κ2) is 7.17. The average molecular weight is 177 g/mol. The Labute approximate surface area is 79.4 Å². The van der Waals surface area contributed by atoms with Crippen molar-refractivity contribution in [1.29, 1.82) is 5.26 Å². The summed E-state index contributed by atoms with van der Waals surface area (Å²) in [7, 11) is 0. The summed E-state index contributed by atoms with van der Waals surface area (Å²) in [5.74, 6) is 0.189. The summed E-state index contributed by atoms with van der Waals surface area (Å²) in [6.07, 6.45) is 2.64. The minimum absolute atomic E-state index is 0.189. The van der Waals surface area contributed by atoms with Gasteiger partial charge in [0.25, 0.3) is 0 Å². The third-order valence-electron chi connectivity index (χ3n) is 1.50. The van der Waals surface area contributed by atoms with Crippen LogP contribution >= 0.6 is 0 Å². The molecule has 0 saturated heterocycles. The van der Waals surface area contributed by atoms with Gasteiger partial charge in [0.2, 0.25) is 0 Å². The van der Waals surface area contributed by atoms with Crippen molar-refractivity contribution < 1.29 is 5.11 Å². The van der Waals surface area contributed by atoms with E-state index in [2.05, 4.69) is 13.8 Å². The molecule has 0 heterocycles. The number of aromatic hydroxyl groups is 1. The number of nitrogens with zero attached hydrogens (tertiary/aromatic N) is 1. The Morgan fingerprint density at radius 2 is 1.62 bits per heavy atom. The zero-order chi connectivity index (χ0) is 10.1. The standard InChI is InChI=1S/C7H5NO.C4H10/c8-5-6-1-3-7(9)4-2-6;1-3-4-2/h1-4,9H;3-4H2,1-2H3. The fourth-order valence-corrected chi connectivity index (χ4v) is 0.536. The number of hydrogen-bond acceptors (Lipinski definition) is 2. The van der Waals surface area contributed by atoms with Gasteiger partial charge < -0.3 is 5.11 Å². The molecule has 0 aromatic heterocycles. The molecular weight excluding hydrogens is 162 g/mol. The number of unbranched alkanes of at least 4 members (excludes halogenated alkanes) is 1. The van der Waals surface area contributed by atoms with E-state index in [1.54, 1.807) is 12.1 Å². The van der Waals surface area contributed by atoms with Crippen molar-refractivity contribution in [3.8, 4) is 11.8 Å². The molecule has 0 amide bonds. The highest BCUT2D eigenvalue weighted by molar-refractivity contribution is 5.33. The molecule has 0 aliphatic heterocycles. The molecule has 0 unspecified atom stereocenters. The van der Waals surface area contributed by atoms with Crippen molar-refractivity contribution >= 4 is 0 Å². The second-order valence-electron chi connectivity index (χ2n) is 2.66. The van der Waals surface area contributed by atoms with E-state index in [0.29, 0.717) is 5.56 Å². The van der Waals surface area contributed by atoms with E-state index < -0.39 is 0 Å². The molecule has 0 aliphatic rings. The number of benzene rings is 1. The zero-order valence-corrected chi connectivity index (χ0v) is 8.12. The van der Waals surface area contributed by atoms with Crippen LogP contribution in [0.4, 0.5) is 0 Å². The third-order valence-corrected chi connectivity index (χ3v) is 1.50. The lowest BCUT2D eigenvalue weighted by Crippen LogP contribution is -1.69. The lowest BCUT2D eigenvalue weighted by atomic mass is 10.2. The van der Waals surface area contributed by atoms with Gasteiger partial charge in [0.15, 0.2) is 0 Å². The van der Waals surface area contributed by atoms with E-state index in [1.165, 1.54) is 25.0 Å². The topological polar surface area (TPSA) is 44.0 Å². The van der Waals surface area contributed by atoms with Gasteiger partial charge in [-0.25, -0.2) is 0 Å². The van der Waals surface area contributed by atoms with Crippen LogP contribution in [0, 0.1) is 11.3 Å². The number of phenols is 1. The van der Waals surface area contributed by atoms with E-state index in [0.717, 1.165) is 0 Å². The molecule has 0 aliphatic carbocycles. The van der Waals surface area contributed by atoms with Gasteiger partial charge in [-0.1, -0.05) is 26.7 Å². The molecule has 0 spiro atoms. The summed E-state index contributed by atoms with van der Waals surface area (Å²) < 4.78 is 0. The Morgan fingerprint density at radius 1 is 1.15 bits per heavy atom. The van der Waals surface area contributed by atoms with Crippen LogP contribution in [0.1, 0.15) is 32.3 Å². The smallest absolute Gasteiger partial charge is 0.115 e. The van der Waals surface area contributed by atoms with Gasteiger partial charge in [-0.15, -0.1) is 0 Å². The van der Waals surface area contributed by atoms with Gasteiger partial charge in [-0.2, -0.15) is 5.26 Å². The van der Waals surface area contributed by atoms with Crippen molar-refractivity contribution in [3.05, 3.63) is 29.8 Å². The quantitative estimate of drug-likeness (QED) is 0.716. The molecule has 1 aromatic carbocycles. The van der Waals surface area contributed by atoms with Crippen LogP contribution in [0.15, 0.2) is 24.3 Å². The Bertz CT molecular complexity index is 256. The highest BCUT2D eigenvalue weighted by Crippen LogP contribution is 2.07. The summed E-state index contributed by atoms with van der Waals surface area (Å²) in [5, 5.41) is 17.0. The maximum Gasteiger partial charge on any atom is 0.115 e. The van der Waals surface area contributed by atoms with E-state index in [1.807, 2.05) is 6.07 Å². The molecule has 0 atom stereocenters. The van der Waals surface area contributed by atoms with Crippen LogP contribution in [0.25, 0.3) is 0 Å². The summed E-state index contributed by atoms with van der Waals surface area (Å²) in [4.78, 5) is 0. The van der Waals surface area contributed by atoms with Gasteiger partial charge in [-0.05, 0) is 24.3 Å². The van der Waals surface area contributed by atoms with E-state index in [9.17, 15) is 0 Å². The normalized spacial score (nSPS) is 8.08. The fourth-order valence-electron chi connectivity index (χ4n) is 0.536. The number of rotatable bonds is 1. The number of phenolic OH excluding ortho intramolecular Hbond substituents is 1. The highest BCUT2D eigenvalue weighted by atomic mass is 16.3. The Balaban J connectivity index is 0.000000310. The monoisotopic (exact) mass is 177 g/mol. The summed E-state index contributed by atoms with van der Waals surface area (Å²) in [6.45, 7) is 4.36. The molecule has 2 heteroatoms. The van der Waals surface area contributed by atoms with Crippen molar-refractivity contribution in [1.82, 2.24) is 0 Å². The minimum Gasteiger partial charge on any atom is -0.508 e. The molecule has 70 valence electrons. The van der Waals surface area contributed by atoms with Crippen LogP contribution in [-0.2, 0) is 0 Å². The van der Waals surface area contributed by atoms with Crippen LogP contribution in [0.2, 0.25) is 0 Å². The summed E-state index contributed by atoms with van der Waals surface area (Å²) in [5.41, 5.74) is 0.563. The van der Waals surface area contributed by atoms with Crippen LogP contribution in [0.3, 0.4) is 0 Å². The molecule has 13 heavy (non-hydrogen) atoms. The van der Waals surface area contributed by atoms with Crippen molar-refractivity contribution in [3.63, 3.8) is 0 Å². The Kier molecular flexibility index (Phi) is 6.35. The van der Waals surface area contributed by atoms with Gasteiger partial charge in [0, 0.05) is 0 Å². The number of hydrogen-bond donors (Lipinski definition) is 1. The zero-order valence-electron chi connectivity index (χ0n) is 8.12. The molecule has 2 nitrogen and oxygen atoms in total. The average Bonchev–Trinajstić information content (AvgIpc) is 2.19. The predicted octanol–water partition coefficient (Wildman–Crippen LogP) is 3.07. The SMILES string of the molecule is CCCC.N#Cc1ccc(O)cc1. The van der Waals surface area contributed by atoms with Gasteiger partial charge in [0.1, 0.15) is 5.75 Å². The first-order chi connectivity index (χ1) is 6.24. The van der Waals surface area contributed by atoms with E-state index >= 15 is 0 Å². The fraction of sp³-hybridized carbons (Fsp3) is 0.364. The van der Waals surface area contributed by atoms with E-state index in [4.69, 9.17) is 10.4 Å². The predicted molar refractivity (Wildman–Crippen MR) is 53.4 cm³/mol. The first-order valence-corrected chi connectivity index (χ1v) is 4.43. The van der Waals surface area contributed by atoms with Crippen LogP contribution < -0.4 is 0 Å². The molecule has 1 N–H and O–H groups in total. The lowest BCUT2D eigenvalue weighted by Gasteiger charge is -1.87. The number of nitriles is 1. The van der Waals surface area contributed by atoms with E-state index in [-0.39, 0.29) is 5.75 Å². The molecule has 0 radical (unpaired) electrons. The first-order valence-electron chi connectivity index (χ1n) is 4.43. The minimum atomic E-state index is 0.189. The van der Waals surface area contributed by atoms with Crippen molar-refractivity contribution in [2.45, 2.75) is 26.7 Å². The van der Waals surface area contributed by atoms with Gasteiger partial charge >= 0.3 is 0 Å². The van der Waals surface area contributed by atoms with Gasteiger partial charge in [-0.3, -0.25) is 0 Å². The lowest BCUT2D eigenvalue weighted by molar-refractivity contribution is 0.475. The summed E-state index contributed by atoms with van der Waals surface area (Å²) in [6, 6.07) is 8.04. The Morgan fingerprint density at radius 3 is 1.92 bits per heavy atom. The Hall–Kier alpha value is -1.49. The molecule has 0 fully saturated rings. The third kappa shape index (κ3) is 5.75. The van der Waals surface area contributed by atoms with Crippen molar-refractivity contribution in [2.24, 2.45) is 0 Å². The van der Waals surface area contributed by atoms with Crippen LogP contribution in [0.5, 0.6) is 5.75 Å². The largest absolute Gasteiger partial charge is 0.508 e. The molecular formula is C11H15NO. The second-order valence-corrected chi connectivity index (χ2v) is 2.66. The summed E-state index contributed by atoms with van der Waals surface area (Å²) >= 11 is 0. The maximum absolute atomic E-state index is 8.74.